The van der Waals surface area contributed by atoms with Crippen molar-refractivity contribution < 1.29 is 9.59 Å². The van der Waals surface area contributed by atoms with Crippen molar-refractivity contribution in [2.24, 2.45) is 0 Å². The van der Waals surface area contributed by atoms with Gasteiger partial charge >= 0.3 is 0 Å². The standard InChI is InChI=1S/C20H17N3O2/c21-16-12-14(19(24)22-17-7-3-1-4-8-17)11-15(13-16)20(25)23-18-9-5-2-6-10-18/h1-13H,21H2,(H,22,24)(H,23,25). The molecule has 3 aromatic carbocycles. The summed E-state index contributed by atoms with van der Waals surface area (Å²) >= 11 is 0. The van der Waals surface area contributed by atoms with Gasteiger partial charge in [0.05, 0.1) is 0 Å². The fourth-order valence-electron chi connectivity index (χ4n) is 2.36. The molecule has 124 valence electrons. The van der Waals surface area contributed by atoms with Crippen molar-refractivity contribution in [1.29, 1.82) is 0 Å². The first kappa shape index (κ1) is 16.3. The number of para-hydroxylation sites is 2. The van der Waals surface area contributed by atoms with E-state index in [1.165, 1.54) is 18.2 Å². The summed E-state index contributed by atoms with van der Waals surface area (Å²) in [6.45, 7) is 0. The number of amides is 2. The van der Waals surface area contributed by atoms with Crippen molar-refractivity contribution in [1.82, 2.24) is 0 Å². The number of nitrogens with one attached hydrogen (secondary N) is 2. The summed E-state index contributed by atoms with van der Waals surface area (Å²) in [5.41, 5.74) is 8.19. The highest BCUT2D eigenvalue weighted by Crippen LogP contribution is 2.16. The van der Waals surface area contributed by atoms with Crippen LogP contribution in [0.5, 0.6) is 0 Å². The Morgan fingerprint density at radius 3 is 1.44 bits per heavy atom. The van der Waals surface area contributed by atoms with E-state index in [0.29, 0.717) is 28.2 Å². The zero-order valence-corrected chi connectivity index (χ0v) is 13.4. The topological polar surface area (TPSA) is 84.2 Å². The molecule has 5 nitrogen and oxygen atoms in total. The van der Waals surface area contributed by atoms with Gasteiger partial charge in [0.25, 0.3) is 11.8 Å². The summed E-state index contributed by atoms with van der Waals surface area (Å²) < 4.78 is 0. The lowest BCUT2D eigenvalue weighted by molar-refractivity contribution is 0.102. The van der Waals surface area contributed by atoms with E-state index in [2.05, 4.69) is 10.6 Å². The van der Waals surface area contributed by atoms with E-state index in [1.54, 1.807) is 24.3 Å². The number of carbonyl (C=O) groups excluding carboxylic acids is 2. The van der Waals surface area contributed by atoms with Gasteiger partial charge in [-0.1, -0.05) is 36.4 Å². The molecule has 0 radical (unpaired) electrons. The molecular formula is C20H17N3O2. The lowest BCUT2D eigenvalue weighted by atomic mass is 10.1. The van der Waals surface area contributed by atoms with E-state index in [9.17, 15) is 9.59 Å². The predicted molar refractivity (Wildman–Crippen MR) is 99.6 cm³/mol. The molecule has 0 bridgehead atoms. The molecule has 0 spiro atoms. The van der Waals surface area contributed by atoms with E-state index in [4.69, 9.17) is 5.73 Å². The van der Waals surface area contributed by atoms with E-state index in [0.717, 1.165) is 0 Å². The first-order valence-electron chi connectivity index (χ1n) is 7.75. The highest BCUT2D eigenvalue weighted by Gasteiger charge is 2.13. The van der Waals surface area contributed by atoms with E-state index < -0.39 is 0 Å². The molecule has 0 aliphatic carbocycles. The number of hydrogen-bond donors (Lipinski definition) is 3. The molecular weight excluding hydrogens is 314 g/mol. The SMILES string of the molecule is Nc1cc(C(=O)Nc2ccccc2)cc(C(=O)Nc2ccccc2)c1. The summed E-state index contributed by atoms with van der Waals surface area (Å²) in [5, 5.41) is 5.55. The zero-order valence-electron chi connectivity index (χ0n) is 13.4. The van der Waals surface area contributed by atoms with Gasteiger partial charge in [0, 0.05) is 28.2 Å². The number of anilines is 3. The first-order chi connectivity index (χ1) is 12.1. The summed E-state index contributed by atoms with van der Waals surface area (Å²) in [6, 6.07) is 22.8. The van der Waals surface area contributed by atoms with Gasteiger partial charge in [-0.15, -0.1) is 0 Å². The number of rotatable bonds is 4. The average molecular weight is 331 g/mol. The Morgan fingerprint density at radius 1 is 0.640 bits per heavy atom. The third-order valence-corrected chi connectivity index (χ3v) is 3.54. The summed E-state index contributed by atoms with van der Waals surface area (Å²) in [4.78, 5) is 24.8. The van der Waals surface area contributed by atoms with Crippen LogP contribution in [0.1, 0.15) is 20.7 Å². The lowest BCUT2D eigenvalue weighted by Crippen LogP contribution is -2.16. The molecule has 0 aliphatic heterocycles. The molecule has 0 atom stereocenters. The molecule has 5 heteroatoms. The van der Waals surface area contributed by atoms with Crippen LogP contribution in [0.4, 0.5) is 17.1 Å². The Kier molecular flexibility index (Phi) is 4.76. The van der Waals surface area contributed by atoms with E-state index >= 15 is 0 Å². The van der Waals surface area contributed by atoms with Crippen molar-refractivity contribution in [3.63, 3.8) is 0 Å². The second kappa shape index (κ2) is 7.31. The number of hydrogen-bond acceptors (Lipinski definition) is 3. The second-order valence-corrected chi connectivity index (χ2v) is 5.48. The van der Waals surface area contributed by atoms with Gasteiger partial charge in [0.1, 0.15) is 0 Å². The van der Waals surface area contributed by atoms with Gasteiger partial charge in [-0.2, -0.15) is 0 Å². The Hall–Kier alpha value is -3.60. The van der Waals surface area contributed by atoms with Crippen molar-refractivity contribution in [3.8, 4) is 0 Å². The van der Waals surface area contributed by atoms with Gasteiger partial charge in [-0.3, -0.25) is 9.59 Å². The molecule has 0 fully saturated rings. The van der Waals surface area contributed by atoms with Crippen molar-refractivity contribution >= 4 is 28.9 Å². The summed E-state index contributed by atoms with van der Waals surface area (Å²) in [5.74, 6) is -0.653. The van der Waals surface area contributed by atoms with Gasteiger partial charge in [0.2, 0.25) is 0 Å². The molecule has 4 N–H and O–H groups in total. The maximum absolute atomic E-state index is 12.4. The highest BCUT2D eigenvalue weighted by molar-refractivity contribution is 6.09. The Labute approximate surface area is 145 Å². The molecule has 0 saturated carbocycles. The van der Waals surface area contributed by atoms with Crippen LogP contribution in [-0.4, -0.2) is 11.8 Å². The van der Waals surface area contributed by atoms with Crippen LogP contribution in [-0.2, 0) is 0 Å². The third-order valence-electron chi connectivity index (χ3n) is 3.54. The molecule has 0 heterocycles. The van der Waals surface area contributed by atoms with Crippen LogP contribution >= 0.6 is 0 Å². The predicted octanol–water partition coefficient (Wildman–Crippen LogP) is 3.77. The minimum Gasteiger partial charge on any atom is -0.399 e. The van der Waals surface area contributed by atoms with E-state index in [-0.39, 0.29) is 11.8 Å². The van der Waals surface area contributed by atoms with Crippen molar-refractivity contribution in [2.45, 2.75) is 0 Å². The number of carbonyl (C=O) groups is 2. The maximum atomic E-state index is 12.4. The second-order valence-electron chi connectivity index (χ2n) is 5.48. The fraction of sp³-hybridized carbons (Fsp3) is 0. The van der Waals surface area contributed by atoms with Crippen LogP contribution < -0.4 is 16.4 Å². The van der Waals surface area contributed by atoms with Gasteiger partial charge in [-0.05, 0) is 42.5 Å². The van der Waals surface area contributed by atoms with E-state index in [1.807, 2.05) is 36.4 Å². The molecule has 3 rings (SSSR count). The van der Waals surface area contributed by atoms with Crippen molar-refractivity contribution in [2.75, 3.05) is 16.4 Å². The summed E-state index contributed by atoms with van der Waals surface area (Å²) in [6.07, 6.45) is 0. The smallest absolute Gasteiger partial charge is 0.255 e. The Morgan fingerprint density at radius 2 is 1.04 bits per heavy atom. The third kappa shape index (κ3) is 4.23. The maximum Gasteiger partial charge on any atom is 0.255 e. The normalized spacial score (nSPS) is 10.1. The van der Waals surface area contributed by atoms with Crippen LogP contribution in [0.2, 0.25) is 0 Å². The quantitative estimate of drug-likeness (QED) is 0.636. The minimum absolute atomic E-state index is 0.321. The minimum atomic E-state index is -0.327. The Bertz CT molecular complexity index is 822. The van der Waals surface area contributed by atoms with Gasteiger partial charge < -0.3 is 16.4 Å². The fourth-order valence-corrected chi connectivity index (χ4v) is 2.36. The Balaban J connectivity index is 1.80. The average Bonchev–Trinajstić information content (AvgIpc) is 2.63. The van der Waals surface area contributed by atoms with Crippen molar-refractivity contribution in [3.05, 3.63) is 90.0 Å². The molecule has 3 aromatic rings. The number of nitrogens with two attached hydrogens (primary N) is 1. The van der Waals surface area contributed by atoms with Crippen LogP contribution in [0.15, 0.2) is 78.9 Å². The van der Waals surface area contributed by atoms with Crippen LogP contribution in [0, 0.1) is 0 Å². The van der Waals surface area contributed by atoms with Crippen LogP contribution in [0.3, 0.4) is 0 Å². The molecule has 0 aromatic heterocycles. The monoisotopic (exact) mass is 331 g/mol. The largest absolute Gasteiger partial charge is 0.399 e. The van der Waals surface area contributed by atoms with Crippen LogP contribution in [0.25, 0.3) is 0 Å². The number of benzene rings is 3. The summed E-state index contributed by atoms with van der Waals surface area (Å²) in [7, 11) is 0. The molecule has 0 saturated heterocycles. The molecule has 0 aliphatic rings. The highest BCUT2D eigenvalue weighted by atomic mass is 16.2. The molecule has 2 amide bonds. The molecule has 25 heavy (non-hydrogen) atoms. The first-order valence-corrected chi connectivity index (χ1v) is 7.75. The molecule has 0 unspecified atom stereocenters. The lowest BCUT2D eigenvalue weighted by Gasteiger charge is -2.09. The van der Waals surface area contributed by atoms with Gasteiger partial charge in [0.15, 0.2) is 0 Å². The number of nitrogen functional groups attached to an aromatic ring is 1. The zero-order chi connectivity index (χ0) is 17.6. The van der Waals surface area contributed by atoms with Gasteiger partial charge in [-0.25, -0.2) is 0 Å².